The van der Waals surface area contributed by atoms with Gasteiger partial charge in [0.15, 0.2) is 5.76 Å². The summed E-state index contributed by atoms with van der Waals surface area (Å²) in [5.74, 6) is 0.626. The summed E-state index contributed by atoms with van der Waals surface area (Å²) in [6.45, 7) is 1.92. The van der Waals surface area contributed by atoms with E-state index in [-0.39, 0.29) is 11.7 Å². The van der Waals surface area contributed by atoms with Gasteiger partial charge in [-0.05, 0) is 48.9 Å². The summed E-state index contributed by atoms with van der Waals surface area (Å²) in [5.41, 5.74) is 3.43. The second-order valence-electron chi connectivity index (χ2n) is 4.94. The third-order valence-electron chi connectivity index (χ3n) is 3.77. The Morgan fingerprint density at radius 2 is 2.11 bits per heavy atom. The molecule has 1 heterocycles. The van der Waals surface area contributed by atoms with Gasteiger partial charge in [0, 0.05) is 0 Å². The van der Waals surface area contributed by atoms with Crippen molar-refractivity contribution in [3.05, 3.63) is 59.0 Å². The quantitative estimate of drug-likeness (QED) is 0.745. The van der Waals surface area contributed by atoms with E-state index in [9.17, 15) is 4.79 Å². The van der Waals surface area contributed by atoms with E-state index in [0.717, 1.165) is 24.8 Å². The molecule has 1 aliphatic rings. The summed E-state index contributed by atoms with van der Waals surface area (Å²) in [6, 6.07) is 10.1. The van der Waals surface area contributed by atoms with E-state index in [1.54, 1.807) is 6.26 Å². The fourth-order valence-electron chi connectivity index (χ4n) is 2.81. The molecule has 3 rings (SSSR count). The van der Waals surface area contributed by atoms with Crippen LogP contribution in [0.5, 0.6) is 0 Å². The van der Waals surface area contributed by atoms with Gasteiger partial charge in [-0.2, -0.15) is 0 Å². The minimum Gasteiger partial charge on any atom is -0.461 e. The van der Waals surface area contributed by atoms with Gasteiger partial charge >= 0.3 is 0 Å². The van der Waals surface area contributed by atoms with Crippen LogP contribution in [0.15, 0.2) is 41.0 Å². The summed E-state index contributed by atoms with van der Waals surface area (Å²) in [5, 5.41) is 0. The summed E-state index contributed by atoms with van der Waals surface area (Å²) in [7, 11) is 0. The van der Waals surface area contributed by atoms with Gasteiger partial charge in [0.2, 0.25) is 5.78 Å². The highest BCUT2D eigenvalue weighted by Crippen LogP contribution is 2.34. The van der Waals surface area contributed by atoms with E-state index in [0.29, 0.717) is 5.76 Å². The average molecular weight is 240 g/mol. The van der Waals surface area contributed by atoms with Crippen molar-refractivity contribution in [3.63, 3.8) is 0 Å². The molecule has 0 aliphatic heterocycles. The maximum absolute atomic E-state index is 12.6. The molecule has 0 fully saturated rings. The monoisotopic (exact) mass is 240 g/mol. The SMILES string of the molecule is Cc1ccoc1C(=O)C1CCCc2ccccc21. The molecule has 1 aromatic heterocycles. The number of carbonyl (C=O) groups is 1. The van der Waals surface area contributed by atoms with Crippen molar-refractivity contribution in [1.82, 2.24) is 0 Å². The lowest BCUT2D eigenvalue weighted by atomic mass is 9.79. The van der Waals surface area contributed by atoms with Crippen LogP contribution >= 0.6 is 0 Å². The van der Waals surface area contributed by atoms with Gasteiger partial charge in [-0.25, -0.2) is 0 Å². The van der Waals surface area contributed by atoms with Gasteiger partial charge in [-0.3, -0.25) is 4.79 Å². The van der Waals surface area contributed by atoms with Crippen LogP contribution in [-0.2, 0) is 6.42 Å². The molecule has 2 nitrogen and oxygen atoms in total. The Morgan fingerprint density at radius 3 is 2.89 bits per heavy atom. The predicted molar refractivity (Wildman–Crippen MR) is 69.9 cm³/mol. The number of carbonyl (C=O) groups excluding carboxylic acids is 1. The topological polar surface area (TPSA) is 30.2 Å². The minimum atomic E-state index is -0.0280. The van der Waals surface area contributed by atoms with Crippen molar-refractivity contribution >= 4 is 5.78 Å². The Morgan fingerprint density at radius 1 is 1.28 bits per heavy atom. The lowest BCUT2D eigenvalue weighted by Gasteiger charge is -2.23. The normalized spacial score (nSPS) is 18.4. The van der Waals surface area contributed by atoms with Crippen LogP contribution in [0.2, 0.25) is 0 Å². The summed E-state index contributed by atoms with van der Waals surface area (Å²) in [6.07, 6.45) is 4.68. The van der Waals surface area contributed by atoms with Crippen LogP contribution in [-0.4, -0.2) is 5.78 Å². The van der Waals surface area contributed by atoms with E-state index < -0.39 is 0 Å². The molecule has 1 aliphatic carbocycles. The molecule has 1 aromatic carbocycles. The fourth-order valence-corrected chi connectivity index (χ4v) is 2.81. The number of fused-ring (bicyclic) bond motifs is 1. The largest absolute Gasteiger partial charge is 0.461 e. The number of Topliss-reactive ketones (excluding diaryl/α,β-unsaturated/α-hetero) is 1. The molecule has 0 amide bonds. The Labute approximate surface area is 107 Å². The van der Waals surface area contributed by atoms with Gasteiger partial charge in [0.1, 0.15) is 0 Å². The molecule has 0 N–H and O–H groups in total. The van der Waals surface area contributed by atoms with Gasteiger partial charge in [-0.15, -0.1) is 0 Å². The van der Waals surface area contributed by atoms with Crippen molar-refractivity contribution in [2.45, 2.75) is 32.1 Å². The van der Waals surface area contributed by atoms with Gasteiger partial charge < -0.3 is 4.42 Å². The predicted octanol–water partition coefficient (Wildman–Crippen LogP) is 3.89. The summed E-state index contributed by atoms with van der Waals surface area (Å²) < 4.78 is 5.34. The first kappa shape index (κ1) is 11.3. The minimum absolute atomic E-state index is 0.0280. The number of benzene rings is 1. The Hall–Kier alpha value is -1.83. The van der Waals surface area contributed by atoms with Crippen molar-refractivity contribution in [2.24, 2.45) is 0 Å². The number of hydrogen-bond acceptors (Lipinski definition) is 2. The zero-order valence-electron chi connectivity index (χ0n) is 10.5. The fraction of sp³-hybridized carbons (Fsp3) is 0.312. The van der Waals surface area contributed by atoms with Crippen LogP contribution in [0.4, 0.5) is 0 Å². The Kier molecular flexibility index (Phi) is 2.78. The first-order chi connectivity index (χ1) is 8.77. The number of aryl methyl sites for hydroxylation is 2. The van der Waals surface area contributed by atoms with Gasteiger partial charge in [0.05, 0.1) is 12.2 Å². The zero-order valence-corrected chi connectivity index (χ0v) is 10.5. The van der Waals surface area contributed by atoms with Crippen LogP contribution in [0.25, 0.3) is 0 Å². The van der Waals surface area contributed by atoms with E-state index in [1.165, 1.54) is 11.1 Å². The molecule has 18 heavy (non-hydrogen) atoms. The molecular formula is C16H16O2. The number of rotatable bonds is 2. The molecule has 0 radical (unpaired) electrons. The van der Waals surface area contributed by atoms with Crippen LogP contribution in [0.3, 0.4) is 0 Å². The van der Waals surface area contributed by atoms with Crippen molar-refractivity contribution in [2.75, 3.05) is 0 Å². The molecule has 0 saturated carbocycles. The molecule has 0 bridgehead atoms. The second-order valence-corrected chi connectivity index (χ2v) is 4.94. The Balaban J connectivity index is 2.00. The first-order valence-corrected chi connectivity index (χ1v) is 6.43. The smallest absolute Gasteiger partial charge is 0.205 e. The standard InChI is InChI=1S/C16H16O2/c1-11-9-10-18-16(11)15(17)14-8-4-6-12-5-2-3-7-13(12)14/h2-3,5,7,9-10,14H,4,6,8H2,1H3. The highest BCUT2D eigenvalue weighted by Gasteiger charge is 2.29. The average Bonchev–Trinajstić information content (AvgIpc) is 2.83. The third-order valence-corrected chi connectivity index (χ3v) is 3.77. The molecule has 2 heteroatoms. The maximum Gasteiger partial charge on any atom is 0.205 e. The third kappa shape index (κ3) is 1.78. The molecule has 0 spiro atoms. The molecule has 1 atom stereocenters. The van der Waals surface area contributed by atoms with Crippen molar-refractivity contribution in [1.29, 1.82) is 0 Å². The number of ketones is 1. The van der Waals surface area contributed by atoms with Crippen LogP contribution < -0.4 is 0 Å². The maximum atomic E-state index is 12.6. The second kappa shape index (κ2) is 4.45. The van der Waals surface area contributed by atoms with Gasteiger partial charge in [0.25, 0.3) is 0 Å². The molecule has 1 unspecified atom stereocenters. The van der Waals surface area contributed by atoms with Crippen molar-refractivity contribution in [3.8, 4) is 0 Å². The van der Waals surface area contributed by atoms with E-state index in [2.05, 4.69) is 12.1 Å². The van der Waals surface area contributed by atoms with Crippen LogP contribution in [0, 0.1) is 6.92 Å². The molecule has 92 valence electrons. The Bertz CT molecular complexity index is 580. The highest BCUT2D eigenvalue weighted by atomic mass is 16.3. The number of furan rings is 1. The molecular weight excluding hydrogens is 224 g/mol. The van der Waals surface area contributed by atoms with E-state index in [4.69, 9.17) is 4.42 Å². The lowest BCUT2D eigenvalue weighted by molar-refractivity contribution is 0.0922. The molecule has 0 saturated heterocycles. The van der Waals surface area contributed by atoms with E-state index >= 15 is 0 Å². The first-order valence-electron chi connectivity index (χ1n) is 6.43. The molecule has 2 aromatic rings. The lowest BCUT2D eigenvalue weighted by Crippen LogP contribution is -2.18. The van der Waals surface area contributed by atoms with Crippen LogP contribution in [0.1, 0.15) is 46.0 Å². The van der Waals surface area contributed by atoms with Gasteiger partial charge in [-0.1, -0.05) is 24.3 Å². The number of hydrogen-bond donors (Lipinski definition) is 0. The highest BCUT2D eigenvalue weighted by molar-refractivity contribution is 6.00. The summed E-state index contributed by atoms with van der Waals surface area (Å²) >= 11 is 0. The van der Waals surface area contributed by atoms with Crippen molar-refractivity contribution < 1.29 is 9.21 Å². The zero-order chi connectivity index (χ0) is 12.5. The summed E-state index contributed by atoms with van der Waals surface area (Å²) in [4.78, 5) is 12.6. The van der Waals surface area contributed by atoms with E-state index in [1.807, 2.05) is 25.1 Å².